The SMILES string of the molecule is O=C1Cc2cc(Nc3ncc(Br)c(NCc4cccs4)n3)ccc2N1. The van der Waals surface area contributed by atoms with Crippen molar-refractivity contribution in [1.29, 1.82) is 0 Å². The monoisotopic (exact) mass is 415 g/mol. The predicted molar refractivity (Wildman–Crippen MR) is 103 cm³/mol. The summed E-state index contributed by atoms with van der Waals surface area (Å²) in [4.78, 5) is 21.5. The van der Waals surface area contributed by atoms with E-state index in [9.17, 15) is 4.79 Å². The minimum atomic E-state index is 0.0205. The molecule has 4 rings (SSSR count). The van der Waals surface area contributed by atoms with Crippen LogP contribution in [0.2, 0.25) is 0 Å². The number of halogens is 1. The molecular formula is C17H14BrN5OS. The Hall–Kier alpha value is -2.45. The molecule has 0 saturated heterocycles. The lowest BCUT2D eigenvalue weighted by molar-refractivity contribution is -0.115. The van der Waals surface area contributed by atoms with Crippen molar-refractivity contribution in [1.82, 2.24) is 9.97 Å². The highest BCUT2D eigenvalue weighted by molar-refractivity contribution is 9.10. The number of anilines is 4. The second-order valence-electron chi connectivity index (χ2n) is 5.54. The molecule has 0 fully saturated rings. The van der Waals surface area contributed by atoms with E-state index in [4.69, 9.17) is 0 Å². The molecule has 0 unspecified atom stereocenters. The van der Waals surface area contributed by atoms with Crippen LogP contribution in [0.15, 0.2) is 46.4 Å². The van der Waals surface area contributed by atoms with Crippen molar-refractivity contribution in [3.63, 3.8) is 0 Å². The number of carbonyl (C=O) groups is 1. The molecule has 25 heavy (non-hydrogen) atoms. The second kappa shape index (κ2) is 6.81. The van der Waals surface area contributed by atoms with Gasteiger partial charge in [-0.25, -0.2) is 4.98 Å². The summed E-state index contributed by atoms with van der Waals surface area (Å²) in [5, 5.41) is 11.4. The number of aromatic nitrogens is 2. The van der Waals surface area contributed by atoms with E-state index in [0.717, 1.165) is 27.2 Å². The van der Waals surface area contributed by atoms with Gasteiger partial charge in [-0.2, -0.15) is 4.98 Å². The Bertz CT molecular complexity index is 929. The highest BCUT2D eigenvalue weighted by atomic mass is 79.9. The average molecular weight is 416 g/mol. The lowest BCUT2D eigenvalue weighted by atomic mass is 10.1. The molecule has 0 aliphatic carbocycles. The molecule has 0 bridgehead atoms. The molecule has 3 heterocycles. The zero-order valence-corrected chi connectivity index (χ0v) is 15.4. The zero-order valence-electron chi connectivity index (χ0n) is 13.0. The van der Waals surface area contributed by atoms with Crippen LogP contribution >= 0.6 is 27.3 Å². The number of benzene rings is 1. The second-order valence-corrected chi connectivity index (χ2v) is 7.43. The van der Waals surface area contributed by atoms with Crippen molar-refractivity contribution < 1.29 is 4.79 Å². The fourth-order valence-electron chi connectivity index (χ4n) is 2.57. The topological polar surface area (TPSA) is 78.9 Å². The maximum Gasteiger partial charge on any atom is 0.229 e. The van der Waals surface area contributed by atoms with Crippen molar-refractivity contribution in [2.45, 2.75) is 13.0 Å². The molecule has 0 saturated carbocycles. The zero-order chi connectivity index (χ0) is 17.2. The molecule has 0 radical (unpaired) electrons. The van der Waals surface area contributed by atoms with Crippen molar-refractivity contribution in [2.24, 2.45) is 0 Å². The number of nitrogens with one attached hydrogen (secondary N) is 3. The molecule has 3 aromatic rings. The molecule has 1 aromatic carbocycles. The molecule has 1 amide bonds. The minimum absolute atomic E-state index is 0.0205. The van der Waals surface area contributed by atoms with Gasteiger partial charge in [-0.05, 0) is 51.1 Å². The molecule has 2 aromatic heterocycles. The first-order valence-electron chi connectivity index (χ1n) is 7.66. The van der Waals surface area contributed by atoms with E-state index in [-0.39, 0.29) is 5.91 Å². The van der Waals surface area contributed by atoms with E-state index < -0.39 is 0 Å². The Kier molecular flexibility index (Phi) is 4.37. The number of fused-ring (bicyclic) bond motifs is 1. The third kappa shape index (κ3) is 3.64. The van der Waals surface area contributed by atoms with E-state index in [0.29, 0.717) is 18.9 Å². The largest absolute Gasteiger partial charge is 0.364 e. The first kappa shape index (κ1) is 16.0. The third-order valence-corrected chi connectivity index (χ3v) is 5.20. The maximum atomic E-state index is 11.5. The average Bonchev–Trinajstić information content (AvgIpc) is 3.23. The van der Waals surface area contributed by atoms with Gasteiger partial charge in [0.25, 0.3) is 0 Å². The number of hydrogen-bond donors (Lipinski definition) is 3. The van der Waals surface area contributed by atoms with Gasteiger partial charge in [0, 0.05) is 22.4 Å². The Morgan fingerprint density at radius 2 is 2.24 bits per heavy atom. The summed E-state index contributed by atoms with van der Waals surface area (Å²) in [5.74, 6) is 1.24. The van der Waals surface area contributed by atoms with E-state index >= 15 is 0 Å². The first-order valence-corrected chi connectivity index (χ1v) is 9.33. The minimum Gasteiger partial charge on any atom is -0.364 e. The van der Waals surface area contributed by atoms with Crippen molar-refractivity contribution in [3.8, 4) is 0 Å². The van der Waals surface area contributed by atoms with Crippen molar-refractivity contribution in [2.75, 3.05) is 16.0 Å². The van der Waals surface area contributed by atoms with Crippen LogP contribution in [0.25, 0.3) is 0 Å². The van der Waals surface area contributed by atoms with Gasteiger partial charge < -0.3 is 16.0 Å². The number of thiophene rings is 1. The molecule has 0 spiro atoms. The third-order valence-electron chi connectivity index (χ3n) is 3.74. The molecule has 1 aliphatic heterocycles. The van der Waals surface area contributed by atoms with Crippen LogP contribution in [0, 0.1) is 0 Å². The summed E-state index contributed by atoms with van der Waals surface area (Å²) in [7, 11) is 0. The maximum absolute atomic E-state index is 11.5. The molecule has 0 atom stereocenters. The Balaban J connectivity index is 1.50. The highest BCUT2D eigenvalue weighted by Crippen LogP contribution is 2.28. The van der Waals surface area contributed by atoms with Gasteiger partial charge in [-0.1, -0.05) is 6.07 Å². The van der Waals surface area contributed by atoms with Gasteiger partial charge in [0.2, 0.25) is 11.9 Å². The van der Waals surface area contributed by atoms with E-state index in [1.807, 2.05) is 29.6 Å². The summed E-state index contributed by atoms with van der Waals surface area (Å²) in [6, 6.07) is 9.83. The van der Waals surface area contributed by atoms with Crippen LogP contribution in [0.4, 0.5) is 23.1 Å². The fraction of sp³-hybridized carbons (Fsp3) is 0.118. The lowest BCUT2D eigenvalue weighted by Crippen LogP contribution is -2.04. The van der Waals surface area contributed by atoms with Gasteiger partial charge in [-0.3, -0.25) is 4.79 Å². The number of amides is 1. The first-order chi connectivity index (χ1) is 12.2. The van der Waals surface area contributed by atoms with Gasteiger partial charge in [0.1, 0.15) is 5.82 Å². The predicted octanol–water partition coefficient (Wildman–Crippen LogP) is 4.15. The molecular weight excluding hydrogens is 402 g/mol. The Morgan fingerprint density at radius 3 is 3.08 bits per heavy atom. The molecule has 8 heteroatoms. The Morgan fingerprint density at radius 1 is 1.32 bits per heavy atom. The lowest BCUT2D eigenvalue weighted by Gasteiger charge is -2.10. The van der Waals surface area contributed by atoms with Gasteiger partial charge in [0.15, 0.2) is 0 Å². The molecule has 126 valence electrons. The van der Waals surface area contributed by atoms with E-state index in [2.05, 4.69) is 47.9 Å². The molecule has 3 N–H and O–H groups in total. The Labute approximate surface area is 156 Å². The normalized spacial score (nSPS) is 12.6. The molecule has 1 aliphatic rings. The van der Waals surface area contributed by atoms with Crippen molar-refractivity contribution >= 4 is 56.3 Å². The van der Waals surface area contributed by atoms with Crippen LogP contribution in [-0.4, -0.2) is 15.9 Å². The number of hydrogen-bond acceptors (Lipinski definition) is 6. The number of nitrogens with zero attached hydrogens (tertiary/aromatic N) is 2. The fourth-order valence-corrected chi connectivity index (χ4v) is 3.55. The number of carbonyl (C=O) groups excluding carboxylic acids is 1. The molecule has 6 nitrogen and oxygen atoms in total. The number of rotatable bonds is 5. The highest BCUT2D eigenvalue weighted by Gasteiger charge is 2.17. The standard InChI is InChI=1S/C17H14BrN5OS/c18-13-9-20-17(23-16(13)19-8-12-2-1-5-25-12)21-11-3-4-14-10(6-11)7-15(24)22-14/h1-6,9H,7-8H2,(H,22,24)(H2,19,20,21,23). The van der Waals surface area contributed by atoms with Gasteiger partial charge in [-0.15, -0.1) is 11.3 Å². The van der Waals surface area contributed by atoms with E-state index in [1.165, 1.54) is 4.88 Å². The summed E-state index contributed by atoms with van der Waals surface area (Å²) in [6.45, 7) is 0.708. The van der Waals surface area contributed by atoms with Crippen LogP contribution in [0.3, 0.4) is 0 Å². The van der Waals surface area contributed by atoms with Crippen molar-refractivity contribution in [3.05, 3.63) is 56.8 Å². The summed E-state index contributed by atoms with van der Waals surface area (Å²) in [6.07, 6.45) is 2.12. The quantitative estimate of drug-likeness (QED) is 0.583. The smallest absolute Gasteiger partial charge is 0.229 e. The summed E-state index contributed by atoms with van der Waals surface area (Å²) >= 11 is 5.17. The summed E-state index contributed by atoms with van der Waals surface area (Å²) in [5.41, 5.74) is 2.69. The summed E-state index contributed by atoms with van der Waals surface area (Å²) < 4.78 is 0.804. The van der Waals surface area contributed by atoms with Crippen LogP contribution in [0.1, 0.15) is 10.4 Å². The van der Waals surface area contributed by atoms with E-state index in [1.54, 1.807) is 17.5 Å². The van der Waals surface area contributed by atoms with Gasteiger partial charge in [0.05, 0.1) is 17.4 Å². The van der Waals surface area contributed by atoms with Gasteiger partial charge >= 0.3 is 0 Å². The van der Waals surface area contributed by atoms with Crippen LogP contribution in [0.5, 0.6) is 0 Å². The van der Waals surface area contributed by atoms with Crippen LogP contribution < -0.4 is 16.0 Å². The van der Waals surface area contributed by atoms with Crippen LogP contribution in [-0.2, 0) is 17.8 Å².